The lowest BCUT2D eigenvalue weighted by Gasteiger charge is -2.10. The summed E-state index contributed by atoms with van der Waals surface area (Å²) in [6, 6.07) is 17.9. The molecule has 0 atom stereocenters. The second-order valence-corrected chi connectivity index (χ2v) is 8.34. The molecule has 0 unspecified atom stereocenters. The molecule has 0 aliphatic rings. The van der Waals surface area contributed by atoms with Crippen molar-refractivity contribution in [1.29, 1.82) is 0 Å². The van der Waals surface area contributed by atoms with Gasteiger partial charge >= 0.3 is 0 Å². The molecule has 9 nitrogen and oxygen atoms in total. The Kier molecular flexibility index (Phi) is 6.72. The molecular formula is C26H22ClN7O2. The van der Waals surface area contributed by atoms with E-state index in [1.54, 1.807) is 54.9 Å². The minimum absolute atomic E-state index is 0.177. The largest absolute Gasteiger partial charge is 0.355 e. The van der Waals surface area contributed by atoms with Gasteiger partial charge in [-0.3, -0.25) is 9.36 Å². The molecule has 0 aliphatic carbocycles. The topological polar surface area (TPSA) is 111 Å². The Hall–Kier alpha value is -4.50. The van der Waals surface area contributed by atoms with Gasteiger partial charge in [-0.2, -0.15) is 4.98 Å². The van der Waals surface area contributed by atoms with E-state index in [1.165, 1.54) is 0 Å². The number of carbonyl (C=O) groups is 1. The van der Waals surface area contributed by atoms with E-state index >= 15 is 0 Å². The van der Waals surface area contributed by atoms with Crippen molar-refractivity contribution in [3.05, 3.63) is 90.0 Å². The molecule has 1 amide bonds. The molecule has 2 N–H and O–H groups in total. The highest BCUT2D eigenvalue weighted by Crippen LogP contribution is 2.25. The molecule has 5 aromatic rings. The number of rotatable bonds is 8. The number of hydrogen-bond acceptors (Lipinski definition) is 7. The normalized spacial score (nSPS) is 10.8. The number of benzene rings is 2. The molecule has 0 saturated heterocycles. The van der Waals surface area contributed by atoms with Crippen molar-refractivity contribution in [2.75, 3.05) is 17.2 Å². The van der Waals surface area contributed by atoms with Crippen LogP contribution in [0.4, 0.5) is 11.6 Å². The lowest BCUT2D eigenvalue weighted by molar-refractivity contribution is 0.101. The van der Waals surface area contributed by atoms with Crippen molar-refractivity contribution in [3.8, 4) is 28.5 Å². The maximum atomic E-state index is 12.7. The molecule has 5 rings (SSSR count). The van der Waals surface area contributed by atoms with Crippen LogP contribution in [0.5, 0.6) is 0 Å². The summed E-state index contributed by atoms with van der Waals surface area (Å²) >= 11 is 5.93. The number of nitrogens with one attached hydrogen (secondary N) is 2. The Morgan fingerprint density at radius 1 is 1.00 bits per heavy atom. The van der Waals surface area contributed by atoms with Crippen molar-refractivity contribution >= 4 is 29.1 Å². The van der Waals surface area contributed by atoms with Crippen LogP contribution in [-0.4, -0.2) is 37.1 Å². The van der Waals surface area contributed by atoms with Crippen molar-refractivity contribution in [2.24, 2.45) is 0 Å². The van der Waals surface area contributed by atoms with Crippen LogP contribution in [0.1, 0.15) is 23.8 Å². The first kappa shape index (κ1) is 23.3. The maximum Gasteiger partial charge on any atom is 0.277 e. The highest BCUT2D eigenvalue weighted by atomic mass is 35.5. The van der Waals surface area contributed by atoms with Gasteiger partial charge in [0.2, 0.25) is 5.95 Å². The Labute approximate surface area is 212 Å². The first-order valence-corrected chi connectivity index (χ1v) is 11.7. The van der Waals surface area contributed by atoms with E-state index in [2.05, 4.69) is 37.7 Å². The van der Waals surface area contributed by atoms with E-state index in [0.29, 0.717) is 28.2 Å². The van der Waals surface area contributed by atoms with Gasteiger partial charge in [-0.05, 0) is 61.0 Å². The summed E-state index contributed by atoms with van der Waals surface area (Å²) in [6.07, 6.45) is 6.26. The minimum atomic E-state index is -0.374. The lowest BCUT2D eigenvalue weighted by Crippen LogP contribution is -2.12. The van der Waals surface area contributed by atoms with Crippen molar-refractivity contribution in [3.63, 3.8) is 0 Å². The van der Waals surface area contributed by atoms with E-state index in [0.717, 1.165) is 29.9 Å². The summed E-state index contributed by atoms with van der Waals surface area (Å²) in [5, 5.41) is 10.5. The van der Waals surface area contributed by atoms with E-state index in [4.69, 9.17) is 16.1 Å². The number of hydrogen-bond donors (Lipinski definition) is 2. The summed E-state index contributed by atoms with van der Waals surface area (Å²) < 4.78 is 7.21. The third kappa shape index (κ3) is 5.11. The van der Waals surface area contributed by atoms with Gasteiger partial charge < -0.3 is 15.2 Å². The van der Waals surface area contributed by atoms with E-state index in [-0.39, 0.29) is 11.6 Å². The number of halogens is 1. The Balaban J connectivity index is 1.30. The molecule has 36 heavy (non-hydrogen) atoms. The number of anilines is 2. The van der Waals surface area contributed by atoms with Gasteiger partial charge in [-0.15, -0.1) is 0 Å². The average molecular weight is 500 g/mol. The monoisotopic (exact) mass is 499 g/mol. The van der Waals surface area contributed by atoms with Crippen LogP contribution in [0.15, 0.2) is 83.8 Å². The van der Waals surface area contributed by atoms with Gasteiger partial charge in [0, 0.05) is 53.0 Å². The molecule has 3 heterocycles. The SMILES string of the molecule is CCCNc1nccc(-n2ccnc2-c2ccc(NC(=O)c3cc(-c4ccc(Cl)cc4)on3)cc2)n1. The molecule has 2 aromatic carbocycles. The van der Waals surface area contributed by atoms with E-state index in [9.17, 15) is 4.79 Å². The number of aromatic nitrogens is 5. The molecular weight excluding hydrogens is 478 g/mol. The van der Waals surface area contributed by atoms with Crippen LogP contribution in [-0.2, 0) is 0 Å². The van der Waals surface area contributed by atoms with Gasteiger partial charge in [0.15, 0.2) is 11.5 Å². The fourth-order valence-electron chi connectivity index (χ4n) is 3.54. The molecule has 0 fully saturated rings. The summed E-state index contributed by atoms with van der Waals surface area (Å²) in [4.78, 5) is 26.0. The summed E-state index contributed by atoms with van der Waals surface area (Å²) in [5.74, 6) is 2.10. The van der Waals surface area contributed by atoms with Crippen LogP contribution in [0, 0.1) is 0 Å². The number of imidazole rings is 1. The standard InChI is InChI=1S/C26H22ClN7O2/c1-2-12-29-26-30-13-11-23(32-26)34-15-14-28-24(34)18-5-9-20(10-6-18)31-25(35)21-16-22(36-33-21)17-3-7-19(27)8-4-17/h3-11,13-16H,2,12H2,1H3,(H,31,35)(H,29,30,32). The third-order valence-corrected chi connectivity index (χ3v) is 5.59. The lowest BCUT2D eigenvalue weighted by atomic mass is 10.1. The van der Waals surface area contributed by atoms with E-state index in [1.807, 2.05) is 29.0 Å². The molecule has 0 saturated carbocycles. The number of amides is 1. The predicted molar refractivity (Wildman–Crippen MR) is 138 cm³/mol. The first-order valence-electron chi connectivity index (χ1n) is 11.4. The van der Waals surface area contributed by atoms with Gasteiger partial charge in [-0.1, -0.05) is 23.7 Å². The summed E-state index contributed by atoms with van der Waals surface area (Å²) in [5.41, 5.74) is 2.44. The van der Waals surface area contributed by atoms with Crippen molar-refractivity contribution < 1.29 is 9.32 Å². The Bertz CT molecular complexity index is 1480. The van der Waals surface area contributed by atoms with Crippen LogP contribution < -0.4 is 10.6 Å². The second-order valence-electron chi connectivity index (χ2n) is 7.90. The molecule has 180 valence electrons. The van der Waals surface area contributed by atoms with Gasteiger partial charge in [0.05, 0.1) is 0 Å². The van der Waals surface area contributed by atoms with Crippen molar-refractivity contribution in [2.45, 2.75) is 13.3 Å². The Morgan fingerprint density at radius 2 is 1.78 bits per heavy atom. The zero-order chi connectivity index (χ0) is 24.9. The van der Waals surface area contributed by atoms with Crippen LogP contribution in [0.3, 0.4) is 0 Å². The third-order valence-electron chi connectivity index (χ3n) is 5.33. The first-order chi connectivity index (χ1) is 17.6. The Morgan fingerprint density at radius 3 is 2.56 bits per heavy atom. The molecule has 0 bridgehead atoms. The second kappa shape index (κ2) is 10.4. The molecule has 0 radical (unpaired) electrons. The van der Waals surface area contributed by atoms with Gasteiger partial charge in [-0.25, -0.2) is 9.97 Å². The minimum Gasteiger partial charge on any atom is -0.355 e. The van der Waals surface area contributed by atoms with Gasteiger partial charge in [0.1, 0.15) is 11.6 Å². The van der Waals surface area contributed by atoms with Crippen LogP contribution in [0.2, 0.25) is 5.02 Å². The fourth-order valence-corrected chi connectivity index (χ4v) is 3.66. The molecule has 10 heteroatoms. The zero-order valence-corrected chi connectivity index (χ0v) is 20.1. The maximum absolute atomic E-state index is 12.7. The number of nitrogens with zero attached hydrogens (tertiary/aromatic N) is 5. The number of carbonyl (C=O) groups excluding carboxylic acids is 1. The highest BCUT2D eigenvalue weighted by molar-refractivity contribution is 6.30. The molecule has 0 spiro atoms. The average Bonchev–Trinajstić information content (AvgIpc) is 3.59. The van der Waals surface area contributed by atoms with E-state index < -0.39 is 0 Å². The zero-order valence-electron chi connectivity index (χ0n) is 19.4. The fraction of sp³-hybridized carbons (Fsp3) is 0.115. The van der Waals surface area contributed by atoms with Gasteiger partial charge in [0.25, 0.3) is 5.91 Å². The summed E-state index contributed by atoms with van der Waals surface area (Å²) in [7, 11) is 0. The highest BCUT2D eigenvalue weighted by Gasteiger charge is 2.15. The smallest absolute Gasteiger partial charge is 0.277 e. The quantitative estimate of drug-likeness (QED) is 0.281. The summed E-state index contributed by atoms with van der Waals surface area (Å²) in [6.45, 7) is 2.88. The van der Waals surface area contributed by atoms with Crippen LogP contribution in [0.25, 0.3) is 28.5 Å². The molecule has 3 aromatic heterocycles. The predicted octanol–water partition coefficient (Wildman–Crippen LogP) is 5.71. The van der Waals surface area contributed by atoms with Crippen molar-refractivity contribution in [1.82, 2.24) is 24.7 Å². The van der Waals surface area contributed by atoms with Crippen LogP contribution >= 0.6 is 11.6 Å². The molecule has 0 aliphatic heterocycles.